The Morgan fingerprint density at radius 1 is 1.06 bits per heavy atom. The van der Waals surface area contributed by atoms with Crippen molar-refractivity contribution in [3.05, 3.63) is 82.2 Å². The van der Waals surface area contributed by atoms with Crippen LogP contribution in [0.1, 0.15) is 36.7 Å². The van der Waals surface area contributed by atoms with E-state index >= 15 is 0 Å². The summed E-state index contributed by atoms with van der Waals surface area (Å²) in [6.45, 7) is 4.05. The van der Waals surface area contributed by atoms with Gasteiger partial charge in [0.25, 0.3) is 0 Å². The number of rotatable bonds is 4. The number of aromatic nitrogens is 6. The smallest absolute Gasteiger partial charge is 0.329 e. The molecule has 0 saturated carbocycles. The molecule has 0 aliphatic carbocycles. The number of nitrogens with zero attached hydrogens (tertiary/aromatic N) is 6. The van der Waals surface area contributed by atoms with E-state index in [1.54, 1.807) is 17.8 Å². The molecule has 6 rings (SSSR count). The largest absolute Gasteiger partial charge is 0.342 e. The molecule has 36 heavy (non-hydrogen) atoms. The highest BCUT2D eigenvalue weighted by molar-refractivity contribution is 6.11. The molecule has 0 spiro atoms. The first kappa shape index (κ1) is 21.9. The molecular weight excluding hydrogens is 450 g/mol. The molecule has 2 aromatic carbocycles. The van der Waals surface area contributed by atoms with Crippen LogP contribution in [0.4, 0.5) is 0 Å². The Kier molecular flexibility index (Phi) is 4.83. The molecule has 0 atom stereocenters. The normalized spacial score (nSPS) is 11.8. The number of aryl methyl sites for hydroxylation is 2. The number of imidazole rings is 1. The molecule has 4 aromatic heterocycles. The number of nitriles is 1. The minimum Gasteiger partial charge on any atom is -0.342 e. The molecule has 178 valence electrons. The van der Waals surface area contributed by atoms with Crippen molar-refractivity contribution >= 4 is 33.0 Å². The molecule has 0 bridgehead atoms. The monoisotopic (exact) mass is 475 g/mol. The first-order chi connectivity index (χ1) is 17.4. The van der Waals surface area contributed by atoms with E-state index in [1.807, 2.05) is 60.6 Å². The fourth-order valence-electron chi connectivity index (χ4n) is 5.18. The third-order valence-electron chi connectivity index (χ3n) is 6.96. The second-order valence-corrected chi connectivity index (χ2v) is 9.53. The van der Waals surface area contributed by atoms with Crippen molar-refractivity contribution in [2.75, 3.05) is 0 Å². The number of pyridine rings is 1. The van der Waals surface area contributed by atoms with Crippen molar-refractivity contribution in [3.63, 3.8) is 0 Å². The summed E-state index contributed by atoms with van der Waals surface area (Å²) in [5, 5.41) is 15.6. The van der Waals surface area contributed by atoms with Crippen molar-refractivity contribution in [3.8, 4) is 17.2 Å². The SMILES string of the molecule is CC(C)n1c(=O)n(C)c2cnc3[nH]c(Cc4ccc(C#N)cc4)c(-c4ccc5c(cnn5C)c4)c3c21. The van der Waals surface area contributed by atoms with Crippen molar-refractivity contribution in [1.82, 2.24) is 28.9 Å². The van der Waals surface area contributed by atoms with Crippen molar-refractivity contribution in [2.24, 2.45) is 14.1 Å². The zero-order valence-corrected chi connectivity index (χ0v) is 20.6. The van der Waals surface area contributed by atoms with Gasteiger partial charge in [-0.1, -0.05) is 18.2 Å². The van der Waals surface area contributed by atoms with E-state index in [0.717, 1.165) is 55.4 Å². The van der Waals surface area contributed by atoms with Crippen molar-refractivity contribution in [1.29, 1.82) is 5.26 Å². The lowest BCUT2D eigenvalue weighted by Gasteiger charge is -2.10. The first-order valence-corrected chi connectivity index (χ1v) is 11.9. The van der Waals surface area contributed by atoms with Gasteiger partial charge in [-0.2, -0.15) is 10.4 Å². The van der Waals surface area contributed by atoms with Crippen molar-refractivity contribution < 1.29 is 0 Å². The summed E-state index contributed by atoms with van der Waals surface area (Å²) in [5.41, 5.74) is 8.19. The van der Waals surface area contributed by atoms with Crippen LogP contribution in [0, 0.1) is 11.3 Å². The highest BCUT2D eigenvalue weighted by Gasteiger charge is 2.23. The Morgan fingerprint density at radius 2 is 1.83 bits per heavy atom. The van der Waals surface area contributed by atoms with Crippen LogP contribution in [-0.4, -0.2) is 28.9 Å². The third-order valence-corrected chi connectivity index (χ3v) is 6.96. The van der Waals surface area contributed by atoms with Gasteiger partial charge in [-0.05, 0) is 49.2 Å². The predicted octanol–water partition coefficient (Wildman–Crippen LogP) is 4.81. The fraction of sp³-hybridized carbons (Fsp3) is 0.214. The van der Waals surface area contributed by atoms with Crippen LogP contribution in [0.15, 0.2) is 59.7 Å². The van der Waals surface area contributed by atoms with Crippen LogP contribution in [0.3, 0.4) is 0 Å². The molecule has 4 heterocycles. The van der Waals surface area contributed by atoms with E-state index in [1.165, 1.54) is 0 Å². The summed E-state index contributed by atoms with van der Waals surface area (Å²) in [5.74, 6) is 0. The molecule has 0 radical (unpaired) electrons. The summed E-state index contributed by atoms with van der Waals surface area (Å²) in [6, 6.07) is 16.1. The van der Waals surface area contributed by atoms with Gasteiger partial charge in [0.1, 0.15) is 5.65 Å². The number of aromatic amines is 1. The van der Waals surface area contributed by atoms with Crippen LogP contribution in [0.2, 0.25) is 0 Å². The molecule has 0 aliphatic rings. The van der Waals surface area contributed by atoms with Gasteiger partial charge in [0, 0.05) is 43.2 Å². The van der Waals surface area contributed by atoms with Crippen molar-refractivity contribution in [2.45, 2.75) is 26.3 Å². The number of H-pyrrole nitrogens is 1. The Balaban J connectivity index is 1.70. The van der Waals surface area contributed by atoms with Gasteiger partial charge in [0.2, 0.25) is 0 Å². The van der Waals surface area contributed by atoms with E-state index < -0.39 is 0 Å². The summed E-state index contributed by atoms with van der Waals surface area (Å²) in [4.78, 5) is 21.5. The van der Waals surface area contributed by atoms with Gasteiger partial charge in [0.05, 0.1) is 46.0 Å². The summed E-state index contributed by atoms with van der Waals surface area (Å²) in [7, 11) is 3.73. The molecule has 8 nitrogen and oxygen atoms in total. The Morgan fingerprint density at radius 3 is 2.56 bits per heavy atom. The molecule has 6 aromatic rings. The summed E-state index contributed by atoms with van der Waals surface area (Å²) in [6.07, 6.45) is 4.27. The van der Waals surface area contributed by atoms with Gasteiger partial charge in [-0.25, -0.2) is 9.78 Å². The lowest BCUT2D eigenvalue weighted by atomic mass is 9.97. The quantitative estimate of drug-likeness (QED) is 0.396. The number of hydrogen-bond donors (Lipinski definition) is 1. The summed E-state index contributed by atoms with van der Waals surface area (Å²) >= 11 is 0. The fourth-order valence-corrected chi connectivity index (χ4v) is 5.18. The van der Waals surface area contributed by atoms with Crippen LogP contribution in [0.5, 0.6) is 0 Å². The second-order valence-electron chi connectivity index (χ2n) is 9.53. The zero-order valence-electron chi connectivity index (χ0n) is 20.6. The van der Waals surface area contributed by atoms with E-state index in [9.17, 15) is 10.1 Å². The highest BCUT2D eigenvalue weighted by atomic mass is 16.1. The zero-order chi connectivity index (χ0) is 25.1. The van der Waals surface area contributed by atoms with Gasteiger partial charge in [-0.3, -0.25) is 13.8 Å². The highest BCUT2D eigenvalue weighted by Crippen LogP contribution is 2.38. The molecule has 0 amide bonds. The molecule has 0 fully saturated rings. The Hall–Kier alpha value is -4.64. The molecule has 1 N–H and O–H groups in total. The number of fused-ring (bicyclic) bond motifs is 4. The van der Waals surface area contributed by atoms with Crippen LogP contribution in [0.25, 0.3) is 44.1 Å². The summed E-state index contributed by atoms with van der Waals surface area (Å²) < 4.78 is 5.38. The van der Waals surface area contributed by atoms with E-state index in [4.69, 9.17) is 4.98 Å². The number of benzene rings is 2. The maximum absolute atomic E-state index is 13.2. The molecule has 0 unspecified atom stereocenters. The number of nitrogens with one attached hydrogen (secondary N) is 1. The molecule has 0 saturated heterocycles. The molecular formula is C28H25N7O. The van der Waals surface area contributed by atoms with E-state index in [-0.39, 0.29) is 11.7 Å². The molecule has 8 heteroatoms. The maximum Gasteiger partial charge on any atom is 0.329 e. The van der Waals surface area contributed by atoms with Gasteiger partial charge >= 0.3 is 5.69 Å². The van der Waals surface area contributed by atoms with Crippen LogP contribution in [-0.2, 0) is 20.5 Å². The van der Waals surface area contributed by atoms with Crippen LogP contribution >= 0.6 is 0 Å². The lowest BCUT2D eigenvalue weighted by Crippen LogP contribution is -2.23. The standard InChI is InChI=1S/C28H25N7O/c1-16(2)35-26-23(33(3)28(35)36)15-30-27-25(26)24(19-9-10-22-20(12-19)14-31-34(22)4)21(32-27)11-17-5-7-18(13-29)8-6-17/h5-10,12,14-16H,11H2,1-4H3,(H,30,32). The van der Waals surface area contributed by atoms with Gasteiger partial charge in [0.15, 0.2) is 0 Å². The van der Waals surface area contributed by atoms with Gasteiger partial charge in [-0.15, -0.1) is 0 Å². The van der Waals surface area contributed by atoms with Gasteiger partial charge < -0.3 is 4.98 Å². The lowest BCUT2D eigenvalue weighted by molar-refractivity contribution is 0.584. The average molecular weight is 476 g/mol. The Bertz CT molecular complexity index is 1890. The maximum atomic E-state index is 13.2. The average Bonchev–Trinajstić information content (AvgIpc) is 3.51. The molecule has 0 aliphatic heterocycles. The first-order valence-electron chi connectivity index (χ1n) is 11.9. The predicted molar refractivity (Wildman–Crippen MR) is 141 cm³/mol. The second kappa shape index (κ2) is 7.95. The van der Waals surface area contributed by atoms with E-state index in [0.29, 0.717) is 12.0 Å². The third kappa shape index (κ3) is 3.17. The minimum atomic E-state index is -0.0576. The Labute approximate surface area is 207 Å². The van der Waals surface area contributed by atoms with E-state index in [2.05, 4.69) is 34.4 Å². The topological polar surface area (TPSA) is 97.2 Å². The minimum absolute atomic E-state index is 0.0164. The number of hydrogen-bond acceptors (Lipinski definition) is 4. The van der Waals surface area contributed by atoms with Crippen LogP contribution < -0.4 is 5.69 Å².